The molecule has 2 aromatic rings. The van der Waals surface area contributed by atoms with Crippen molar-refractivity contribution >= 4 is 46.4 Å². The van der Waals surface area contributed by atoms with Crippen LogP contribution < -0.4 is 0 Å². The Morgan fingerprint density at radius 3 is 1.17 bits per heavy atom. The molecule has 0 saturated heterocycles. The van der Waals surface area contributed by atoms with Gasteiger partial charge in [-0.25, -0.2) is 9.78 Å². The predicted molar refractivity (Wildman–Crippen MR) is 101 cm³/mol. The minimum absolute atomic E-state index is 0.774. The molecule has 0 spiro atoms. The van der Waals surface area contributed by atoms with E-state index in [0.717, 1.165) is 11.1 Å². The van der Waals surface area contributed by atoms with Gasteiger partial charge in [0, 0.05) is 0 Å². The first-order valence-corrected chi connectivity index (χ1v) is 9.09. The molecule has 0 radical (unpaired) electrons. The van der Waals surface area contributed by atoms with E-state index in [2.05, 4.69) is 0 Å². The van der Waals surface area contributed by atoms with Crippen molar-refractivity contribution in [2.24, 2.45) is 0 Å². The highest BCUT2D eigenvalue weighted by Gasteiger charge is 2.43. The van der Waals surface area contributed by atoms with Crippen LogP contribution in [0.4, 0.5) is 0 Å². The molecular formula is C18H18Cl4O2. The number of hydrogen-bond acceptors (Lipinski definition) is 2. The summed E-state index contributed by atoms with van der Waals surface area (Å²) >= 11 is 24.7. The first-order chi connectivity index (χ1) is 11.3. The first-order valence-electron chi connectivity index (χ1n) is 7.35. The summed E-state index contributed by atoms with van der Waals surface area (Å²) < 4.78 is 0. The molecule has 0 heterocycles. The maximum Gasteiger partial charge on any atom is 0.156 e. The van der Waals surface area contributed by atoms with Crippen LogP contribution in [0.3, 0.4) is 0 Å². The van der Waals surface area contributed by atoms with Crippen molar-refractivity contribution in [2.45, 2.75) is 34.7 Å². The Labute approximate surface area is 162 Å². The van der Waals surface area contributed by atoms with E-state index >= 15 is 0 Å². The average Bonchev–Trinajstić information content (AvgIpc) is 2.60. The molecule has 130 valence electrons. The minimum Gasteiger partial charge on any atom is -0.222 e. The summed E-state index contributed by atoms with van der Waals surface area (Å²) in [6.07, 6.45) is 0. The Morgan fingerprint density at radius 1 is 0.625 bits per heavy atom. The highest BCUT2D eigenvalue weighted by atomic mass is 35.5. The van der Waals surface area contributed by atoms with Crippen molar-refractivity contribution in [1.82, 2.24) is 0 Å². The summed E-state index contributed by atoms with van der Waals surface area (Å²) in [5.41, 5.74) is -0.640. The molecule has 0 aliphatic carbocycles. The van der Waals surface area contributed by atoms with Crippen LogP contribution in [0, 0.1) is 0 Å². The molecule has 0 fully saturated rings. The second kappa shape index (κ2) is 8.27. The van der Waals surface area contributed by atoms with Gasteiger partial charge in [0.15, 0.2) is 11.2 Å². The van der Waals surface area contributed by atoms with Gasteiger partial charge in [0.05, 0.1) is 0 Å². The zero-order valence-electron chi connectivity index (χ0n) is 13.3. The second-order valence-electron chi connectivity index (χ2n) is 5.71. The maximum atomic E-state index is 6.17. The molecule has 0 aromatic heterocycles. The van der Waals surface area contributed by atoms with Crippen LogP contribution in [0.15, 0.2) is 60.7 Å². The number of hydrogen-bond donors (Lipinski definition) is 0. The predicted octanol–water partition coefficient (Wildman–Crippen LogP) is 6.37. The topological polar surface area (TPSA) is 18.5 Å². The molecule has 2 atom stereocenters. The molecular weight excluding hydrogens is 390 g/mol. The third-order valence-corrected chi connectivity index (χ3v) is 5.58. The third-order valence-electron chi connectivity index (χ3n) is 3.91. The second-order valence-corrected chi connectivity index (χ2v) is 7.91. The van der Waals surface area contributed by atoms with Crippen LogP contribution in [-0.4, -0.2) is 9.67 Å². The zero-order valence-corrected chi connectivity index (χ0v) is 16.3. The first kappa shape index (κ1) is 19.8. The van der Waals surface area contributed by atoms with Crippen molar-refractivity contribution in [1.29, 1.82) is 0 Å². The molecule has 24 heavy (non-hydrogen) atoms. The van der Waals surface area contributed by atoms with Crippen LogP contribution in [0.1, 0.15) is 25.0 Å². The molecule has 0 bridgehead atoms. The van der Waals surface area contributed by atoms with Gasteiger partial charge < -0.3 is 0 Å². The van der Waals surface area contributed by atoms with E-state index in [-0.39, 0.29) is 0 Å². The van der Waals surface area contributed by atoms with E-state index in [0.29, 0.717) is 0 Å². The lowest BCUT2D eigenvalue weighted by Gasteiger charge is -2.36. The quantitative estimate of drug-likeness (QED) is 0.301. The average molecular weight is 408 g/mol. The Kier molecular flexibility index (Phi) is 6.83. The van der Waals surface area contributed by atoms with Crippen molar-refractivity contribution in [3.05, 3.63) is 71.8 Å². The number of halogens is 4. The van der Waals surface area contributed by atoms with Gasteiger partial charge in [-0.2, -0.15) is 0 Å². The summed E-state index contributed by atoms with van der Waals surface area (Å²) in [6, 6.07) is 18.7. The van der Waals surface area contributed by atoms with E-state index in [9.17, 15) is 0 Å². The van der Waals surface area contributed by atoms with Crippen molar-refractivity contribution in [2.75, 3.05) is 0 Å². The molecule has 2 rings (SSSR count). The van der Waals surface area contributed by atoms with E-state index in [1.807, 2.05) is 60.7 Å². The summed E-state index contributed by atoms with van der Waals surface area (Å²) in [5, 5.41) is 0. The Bertz CT molecular complexity index is 578. The van der Waals surface area contributed by atoms with Crippen molar-refractivity contribution in [3.63, 3.8) is 0 Å². The Morgan fingerprint density at radius 2 is 0.917 bits per heavy atom. The highest BCUT2D eigenvalue weighted by molar-refractivity contribution is 6.45. The van der Waals surface area contributed by atoms with Crippen LogP contribution >= 0.6 is 46.4 Å². The zero-order chi connectivity index (χ0) is 17.8. The molecule has 0 saturated carbocycles. The SMILES string of the molecule is CC(OOC(C)(c1ccccc1)C(Cl)Cl)(c1ccccc1)C(Cl)Cl. The summed E-state index contributed by atoms with van der Waals surface area (Å²) in [4.78, 5) is 9.71. The lowest BCUT2D eigenvalue weighted by molar-refractivity contribution is -0.412. The van der Waals surface area contributed by atoms with Gasteiger partial charge in [-0.15, -0.1) is 46.4 Å². The molecule has 0 aliphatic rings. The molecule has 2 aromatic carbocycles. The van der Waals surface area contributed by atoms with Gasteiger partial charge in [0.2, 0.25) is 0 Å². The normalized spacial score (nSPS) is 16.8. The fourth-order valence-electron chi connectivity index (χ4n) is 2.13. The van der Waals surface area contributed by atoms with E-state index in [1.54, 1.807) is 13.8 Å². The standard InChI is InChI=1S/C18H18Cl4O2/c1-17(15(19)20,13-9-5-3-6-10-13)23-24-18(2,16(21)22)14-11-7-4-8-12-14/h3-12,15-16H,1-2H3. The smallest absolute Gasteiger partial charge is 0.156 e. The molecule has 2 unspecified atom stereocenters. The minimum atomic E-state index is -1.09. The van der Waals surface area contributed by atoms with Crippen LogP contribution in [0.25, 0.3) is 0 Å². The van der Waals surface area contributed by atoms with Gasteiger partial charge in [-0.1, -0.05) is 60.7 Å². The Balaban J connectivity index is 2.30. The van der Waals surface area contributed by atoms with E-state index in [1.165, 1.54) is 0 Å². The Hall–Kier alpha value is -0.480. The van der Waals surface area contributed by atoms with E-state index < -0.39 is 20.9 Å². The highest BCUT2D eigenvalue weighted by Crippen LogP contribution is 2.41. The molecule has 0 amide bonds. The van der Waals surface area contributed by atoms with Gasteiger partial charge in [0.25, 0.3) is 0 Å². The molecule has 2 nitrogen and oxygen atoms in total. The van der Waals surface area contributed by atoms with Gasteiger partial charge in [-0.05, 0) is 25.0 Å². The fraction of sp³-hybridized carbons (Fsp3) is 0.333. The summed E-state index contributed by atoms with van der Waals surface area (Å²) in [7, 11) is 0. The molecule has 0 N–H and O–H groups in total. The third kappa shape index (κ3) is 4.19. The van der Waals surface area contributed by atoms with Crippen LogP contribution in [0.2, 0.25) is 0 Å². The number of rotatable bonds is 7. The van der Waals surface area contributed by atoms with Gasteiger partial charge in [-0.3, -0.25) is 0 Å². The van der Waals surface area contributed by atoms with Crippen LogP contribution in [-0.2, 0) is 21.0 Å². The molecule has 6 heteroatoms. The number of benzene rings is 2. The van der Waals surface area contributed by atoms with Gasteiger partial charge in [0.1, 0.15) is 9.67 Å². The van der Waals surface area contributed by atoms with Crippen LogP contribution in [0.5, 0.6) is 0 Å². The fourth-order valence-corrected chi connectivity index (χ4v) is 2.78. The maximum absolute atomic E-state index is 6.17. The summed E-state index contributed by atoms with van der Waals surface area (Å²) in [6.45, 7) is 3.49. The summed E-state index contributed by atoms with van der Waals surface area (Å²) in [5.74, 6) is 0. The van der Waals surface area contributed by atoms with E-state index in [4.69, 9.17) is 56.2 Å². The number of alkyl halides is 4. The van der Waals surface area contributed by atoms with Gasteiger partial charge >= 0.3 is 0 Å². The largest absolute Gasteiger partial charge is 0.222 e. The monoisotopic (exact) mass is 406 g/mol. The lowest BCUT2D eigenvalue weighted by atomic mass is 9.97. The lowest BCUT2D eigenvalue weighted by Crippen LogP contribution is -2.40. The van der Waals surface area contributed by atoms with Crippen molar-refractivity contribution < 1.29 is 9.78 Å². The van der Waals surface area contributed by atoms with Crippen molar-refractivity contribution in [3.8, 4) is 0 Å². The molecule has 0 aliphatic heterocycles.